The molecule has 7 nitrogen and oxygen atoms in total. The molecule has 0 radical (unpaired) electrons. The van der Waals surface area contributed by atoms with Gasteiger partial charge in [0, 0.05) is 18.7 Å². The Balaban J connectivity index is 1.94. The maximum Gasteiger partial charge on any atom is 0.261 e. The molecule has 3 aromatic rings. The van der Waals surface area contributed by atoms with E-state index in [4.69, 9.17) is 4.52 Å². The summed E-state index contributed by atoms with van der Waals surface area (Å²) < 4.78 is 32.1. The Bertz CT molecular complexity index is 891. The van der Waals surface area contributed by atoms with Gasteiger partial charge >= 0.3 is 0 Å². The molecule has 0 saturated carbocycles. The van der Waals surface area contributed by atoms with Crippen molar-refractivity contribution in [3.05, 3.63) is 54.7 Å². The topological polar surface area (TPSA) is 98.0 Å². The number of pyridine rings is 1. The third kappa shape index (κ3) is 2.96. The molecule has 1 N–H and O–H groups in total. The highest BCUT2D eigenvalue weighted by molar-refractivity contribution is 7.92. The van der Waals surface area contributed by atoms with Crippen LogP contribution in [0.1, 0.15) is 5.89 Å². The Morgan fingerprint density at radius 1 is 1.18 bits per heavy atom. The molecule has 22 heavy (non-hydrogen) atoms. The summed E-state index contributed by atoms with van der Waals surface area (Å²) >= 11 is 0. The number of hydrogen-bond acceptors (Lipinski definition) is 6. The van der Waals surface area contributed by atoms with E-state index in [1.165, 1.54) is 18.3 Å². The maximum atomic E-state index is 12.4. The maximum absolute atomic E-state index is 12.4. The first-order valence-corrected chi connectivity index (χ1v) is 7.86. The van der Waals surface area contributed by atoms with Gasteiger partial charge in [-0.15, -0.1) is 0 Å². The predicted molar refractivity (Wildman–Crippen MR) is 79.5 cm³/mol. The summed E-state index contributed by atoms with van der Waals surface area (Å²) in [7, 11) is -3.71. The van der Waals surface area contributed by atoms with Crippen molar-refractivity contribution in [1.82, 2.24) is 15.1 Å². The second-order valence-corrected chi connectivity index (χ2v) is 6.19. The molecule has 0 saturated heterocycles. The SMILES string of the molecule is Cc1nc(-c2cccc(S(=O)(=O)Nc3cccnc3)c2)no1. The lowest BCUT2D eigenvalue weighted by atomic mass is 10.2. The lowest BCUT2D eigenvalue weighted by Gasteiger charge is -2.08. The summed E-state index contributed by atoms with van der Waals surface area (Å²) in [5.74, 6) is 0.757. The van der Waals surface area contributed by atoms with Gasteiger partial charge in [-0.2, -0.15) is 4.98 Å². The van der Waals surface area contributed by atoms with Gasteiger partial charge in [-0.25, -0.2) is 8.42 Å². The molecular formula is C14H12N4O3S. The van der Waals surface area contributed by atoms with Gasteiger partial charge in [-0.05, 0) is 24.3 Å². The zero-order valence-corrected chi connectivity index (χ0v) is 12.4. The van der Waals surface area contributed by atoms with E-state index in [2.05, 4.69) is 19.8 Å². The molecule has 0 unspecified atom stereocenters. The zero-order valence-electron chi connectivity index (χ0n) is 11.6. The average molecular weight is 316 g/mol. The Morgan fingerprint density at radius 2 is 2.05 bits per heavy atom. The van der Waals surface area contributed by atoms with Gasteiger partial charge in [0.15, 0.2) is 0 Å². The quantitative estimate of drug-likeness (QED) is 0.792. The second-order valence-electron chi connectivity index (χ2n) is 4.51. The molecule has 0 atom stereocenters. The van der Waals surface area contributed by atoms with Crippen LogP contribution in [-0.4, -0.2) is 23.5 Å². The molecule has 112 valence electrons. The molecule has 0 bridgehead atoms. The summed E-state index contributed by atoms with van der Waals surface area (Å²) in [5.41, 5.74) is 0.953. The van der Waals surface area contributed by atoms with Crippen LogP contribution in [0.25, 0.3) is 11.4 Å². The summed E-state index contributed by atoms with van der Waals surface area (Å²) in [6, 6.07) is 9.59. The van der Waals surface area contributed by atoms with Crippen LogP contribution in [0.3, 0.4) is 0 Å². The first-order chi connectivity index (χ1) is 10.5. The highest BCUT2D eigenvalue weighted by atomic mass is 32.2. The van der Waals surface area contributed by atoms with Crippen LogP contribution in [-0.2, 0) is 10.0 Å². The fourth-order valence-corrected chi connectivity index (χ4v) is 2.94. The van der Waals surface area contributed by atoms with E-state index >= 15 is 0 Å². The predicted octanol–water partition coefficient (Wildman–Crippen LogP) is 2.24. The summed E-state index contributed by atoms with van der Waals surface area (Å²) in [6.07, 6.45) is 3.00. The molecule has 0 spiro atoms. The van der Waals surface area contributed by atoms with Gasteiger partial charge in [0.25, 0.3) is 10.0 Å². The van der Waals surface area contributed by atoms with Crippen molar-refractivity contribution in [2.24, 2.45) is 0 Å². The van der Waals surface area contributed by atoms with Crippen molar-refractivity contribution in [1.29, 1.82) is 0 Å². The number of aryl methyl sites for hydroxylation is 1. The number of nitrogens with zero attached hydrogens (tertiary/aromatic N) is 3. The van der Waals surface area contributed by atoms with Crippen molar-refractivity contribution >= 4 is 15.7 Å². The Labute approximate surface area is 127 Å². The van der Waals surface area contributed by atoms with Crippen LogP contribution in [0.4, 0.5) is 5.69 Å². The Morgan fingerprint density at radius 3 is 2.73 bits per heavy atom. The van der Waals surface area contributed by atoms with E-state index in [0.717, 1.165) is 0 Å². The molecule has 2 heterocycles. The normalized spacial score (nSPS) is 11.3. The minimum atomic E-state index is -3.71. The molecule has 2 aromatic heterocycles. The Hall–Kier alpha value is -2.74. The molecule has 1 aromatic carbocycles. The molecule has 0 aliphatic rings. The largest absolute Gasteiger partial charge is 0.339 e. The van der Waals surface area contributed by atoms with Crippen LogP contribution >= 0.6 is 0 Å². The lowest BCUT2D eigenvalue weighted by Crippen LogP contribution is -2.13. The number of benzene rings is 1. The number of aromatic nitrogens is 3. The highest BCUT2D eigenvalue weighted by Crippen LogP contribution is 2.21. The minimum Gasteiger partial charge on any atom is -0.339 e. The van der Waals surface area contributed by atoms with Crippen LogP contribution < -0.4 is 4.72 Å². The van der Waals surface area contributed by atoms with Gasteiger partial charge in [-0.3, -0.25) is 9.71 Å². The zero-order chi connectivity index (χ0) is 15.6. The molecule has 8 heteroatoms. The van der Waals surface area contributed by atoms with Crippen molar-refractivity contribution < 1.29 is 12.9 Å². The van der Waals surface area contributed by atoms with Crippen LogP contribution in [0.15, 0.2) is 58.2 Å². The summed E-state index contributed by atoms with van der Waals surface area (Å²) in [4.78, 5) is 8.06. The summed E-state index contributed by atoms with van der Waals surface area (Å²) in [6.45, 7) is 1.67. The van der Waals surface area contributed by atoms with E-state index < -0.39 is 10.0 Å². The number of anilines is 1. The number of sulfonamides is 1. The van der Waals surface area contributed by atoms with E-state index in [1.807, 2.05) is 0 Å². The fraction of sp³-hybridized carbons (Fsp3) is 0.0714. The van der Waals surface area contributed by atoms with Crippen LogP contribution in [0.2, 0.25) is 0 Å². The van der Waals surface area contributed by atoms with E-state index in [1.54, 1.807) is 37.4 Å². The lowest BCUT2D eigenvalue weighted by molar-refractivity contribution is 0.394. The fourth-order valence-electron chi connectivity index (χ4n) is 1.86. The highest BCUT2D eigenvalue weighted by Gasteiger charge is 2.16. The summed E-state index contributed by atoms with van der Waals surface area (Å²) in [5, 5.41) is 3.78. The van der Waals surface area contributed by atoms with Gasteiger partial charge in [0.2, 0.25) is 11.7 Å². The first-order valence-electron chi connectivity index (χ1n) is 6.38. The van der Waals surface area contributed by atoms with Crippen molar-refractivity contribution in [3.8, 4) is 11.4 Å². The van der Waals surface area contributed by atoms with Gasteiger partial charge < -0.3 is 4.52 Å². The second kappa shape index (κ2) is 5.57. The third-order valence-corrected chi connectivity index (χ3v) is 4.22. The number of rotatable bonds is 4. The Kier molecular flexibility index (Phi) is 3.60. The minimum absolute atomic E-state index is 0.108. The van der Waals surface area contributed by atoms with Crippen molar-refractivity contribution in [3.63, 3.8) is 0 Å². The van der Waals surface area contributed by atoms with E-state index in [-0.39, 0.29) is 4.90 Å². The van der Waals surface area contributed by atoms with Crippen LogP contribution in [0, 0.1) is 6.92 Å². The van der Waals surface area contributed by atoms with Crippen LogP contribution in [0.5, 0.6) is 0 Å². The molecule has 0 amide bonds. The first kappa shape index (κ1) is 14.2. The van der Waals surface area contributed by atoms with E-state index in [9.17, 15) is 8.42 Å². The van der Waals surface area contributed by atoms with Gasteiger partial charge in [-0.1, -0.05) is 17.3 Å². The standard InChI is InChI=1S/C14H12N4O3S/c1-10-16-14(17-21-10)11-4-2-6-13(8-11)22(19,20)18-12-5-3-7-15-9-12/h2-9,18H,1H3. The van der Waals surface area contributed by atoms with Crippen molar-refractivity contribution in [2.45, 2.75) is 11.8 Å². The molecule has 3 rings (SSSR count). The number of hydrogen-bond donors (Lipinski definition) is 1. The van der Waals surface area contributed by atoms with Gasteiger partial charge in [0.1, 0.15) is 0 Å². The average Bonchev–Trinajstić information content (AvgIpc) is 2.95. The van der Waals surface area contributed by atoms with Crippen molar-refractivity contribution in [2.75, 3.05) is 4.72 Å². The molecule has 0 aliphatic carbocycles. The molecular weight excluding hydrogens is 304 g/mol. The van der Waals surface area contributed by atoms with E-state index in [0.29, 0.717) is 23.0 Å². The molecule has 0 aliphatic heterocycles. The monoisotopic (exact) mass is 316 g/mol. The third-order valence-electron chi connectivity index (χ3n) is 2.84. The smallest absolute Gasteiger partial charge is 0.261 e. The van der Waals surface area contributed by atoms with Gasteiger partial charge in [0.05, 0.1) is 16.8 Å². The number of nitrogens with one attached hydrogen (secondary N) is 1. The molecule has 0 fully saturated rings.